The lowest BCUT2D eigenvalue weighted by molar-refractivity contribution is 0.776. The molecule has 0 aliphatic rings. The molecule has 0 aliphatic heterocycles. The first-order chi connectivity index (χ1) is 7.75. The monoisotopic (exact) mass is 215 g/mol. The van der Waals surface area contributed by atoms with Crippen molar-refractivity contribution in [3.63, 3.8) is 0 Å². The maximum absolute atomic E-state index is 5.84. The van der Waals surface area contributed by atoms with Crippen molar-refractivity contribution < 1.29 is 0 Å². The highest BCUT2D eigenvalue weighted by molar-refractivity contribution is 5.80. The number of pyridine rings is 1. The van der Waals surface area contributed by atoms with Gasteiger partial charge >= 0.3 is 0 Å². The first-order valence-electron chi connectivity index (χ1n) is 4.70. The summed E-state index contributed by atoms with van der Waals surface area (Å²) in [5.74, 6) is 0. The topological polar surface area (TPSA) is 98.3 Å². The number of nitrogens with zero attached hydrogens (tertiary/aromatic N) is 5. The molecule has 80 valence electrons. The second kappa shape index (κ2) is 3.02. The molecule has 7 heteroatoms. The van der Waals surface area contributed by atoms with Crippen LogP contribution in [0.5, 0.6) is 0 Å². The number of rotatable bonds is 1. The summed E-state index contributed by atoms with van der Waals surface area (Å²) in [6.45, 7) is 0. The molecule has 3 N–H and O–H groups in total. The molecule has 0 aliphatic carbocycles. The number of H-pyrrole nitrogens is 1. The number of nitrogens with two attached hydrogens (primary N) is 1. The summed E-state index contributed by atoms with van der Waals surface area (Å²) < 4.78 is 1.71. The molecule has 3 aromatic rings. The van der Waals surface area contributed by atoms with Crippen molar-refractivity contribution in [3.05, 3.63) is 18.5 Å². The van der Waals surface area contributed by atoms with Crippen LogP contribution < -0.4 is 5.73 Å². The Bertz CT molecular complexity index is 631. The normalized spacial score (nSPS) is 11.1. The molecule has 16 heavy (non-hydrogen) atoms. The fourth-order valence-electron chi connectivity index (χ4n) is 1.68. The number of fused-ring (bicyclic) bond motifs is 1. The van der Waals surface area contributed by atoms with Gasteiger partial charge in [-0.15, -0.1) is 5.10 Å². The zero-order valence-electron chi connectivity index (χ0n) is 8.55. The lowest BCUT2D eigenvalue weighted by atomic mass is 10.2. The van der Waals surface area contributed by atoms with Crippen LogP contribution in [-0.4, -0.2) is 30.2 Å². The van der Waals surface area contributed by atoms with Crippen molar-refractivity contribution in [1.29, 1.82) is 0 Å². The predicted octanol–water partition coefficient (Wildman–Crippen LogP) is 0.336. The molecule has 0 fully saturated rings. The quantitative estimate of drug-likeness (QED) is 0.609. The van der Waals surface area contributed by atoms with Gasteiger partial charge in [-0.25, -0.2) is 4.98 Å². The minimum Gasteiger partial charge on any atom is -0.396 e. The van der Waals surface area contributed by atoms with E-state index < -0.39 is 0 Å². The van der Waals surface area contributed by atoms with Crippen molar-refractivity contribution in [3.8, 4) is 11.3 Å². The summed E-state index contributed by atoms with van der Waals surface area (Å²) in [6.07, 6.45) is 3.32. The predicted molar refractivity (Wildman–Crippen MR) is 58.3 cm³/mol. The molecule has 0 aromatic carbocycles. The lowest BCUT2D eigenvalue weighted by Gasteiger charge is -2.02. The van der Waals surface area contributed by atoms with E-state index in [9.17, 15) is 0 Å². The summed E-state index contributed by atoms with van der Waals surface area (Å²) >= 11 is 0. The highest BCUT2D eigenvalue weighted by Crippen LogP contribution is 2.25. The maximum atomic E-state index is 5.84. The molecule has 0 radical (unpaired) electrons. The third-order valence-corrected chi connectivity index (χ3v) is 2.41. The van der Waals surface area contributed by atoms with E-state index in [-0.39, 0.29) is 0 Å². The maximum Gasteiger partial charge on any atom is 0.201 e. The van der Waals surface area contributed by atoms with Crippen LogP contribution >= 0.6 is 0 Å². The Morgan fingerprint density at radius 1 is 1.31 bits per heavy atom. The van der Waals surface area contributed by atoms with Gasteiger partial charge in [0.15, 0.2) is 0 Å². The van der Waals surface area contributed by atoms with E-state index in [0.29, 0.717) is 16.9 Å². The lowest BCUT2D eigenvalue weighted by Crippen LogP contribution is -1.96. The van der Waals surface area contributed by atoms with Gasteiger partial charge in [-0.1, -0.05) is 0 Å². The molecular weight excluding hydrogens is 206 g/mol. The number of nitrogens with one attached hydrogen (secondary N) is 1. The number of hydrogen-bond acceptors (Lipinski definition) is 5. The highest BCUT2D eigenvalue weighted by atomic mass is 15.3. The molecule has 0 bridgehead atoms. The summed E-state index contributed by atoms with van der Waals surface area (Å²) in [4.78, 5) is 4.18. The smallest absolute Gasteiger partial charge is 0.201 e. The molecule has 3 aromatic heterocycles. The van der Waals surface area contributed by atoms with Crippen molar-refractivity contribution >= 4 is 16.9 Å². The number of anilines is 1. The Morgan fingerprint density at radius 3 is 2.94 bits per heavy atom. The summed E-state index contributed by atoms with van der Waals surface area (Å²) in [6, 6.07) is 1.87. The molecular formula is C9H9N7. The van der Waals surface area contributed by atoms with Gasteiger partial charge < -0.3 is 5.73 Å². The van der Waals surface area contributed by atoms with Crippen LogP contribution in [0.15, 0.2) is 18.5 Å². The van der Waals surface area contributed by atoms with Crippen LogP contribution in [-0.2, 0) is 7.05 Å². The average molecular weight is 215 g/mol. The number of nitrogen functional groups attached to an aromatic ring is 1. The van der Waals surface area contributed by atoms with E-state index in [1.54, 1.807) is 17.1 Å². The third kappa shape index (κ3) is 1.14. The summed E-state index contributed by atoms with van der Waals surface area (Å²) in [5.41, 5.74) is 9.45. The summed E-state index contributed by atoms with van der Waals surface area (Å²) in [7, 11) is 1.83. The molecule has 0 saturated carbocycles. The highest BCUT2D eigenvalue weighted by Gasteiger charge is 2.10. The van der Waals surface area contributed by atoms with Crippen molar-refractivity contribution in [2.24, 2.45) is 7.05 Å². The zero-order chi connectivity index (χ0) is 11.1. The molecule has 7 nitrogen and oxygen atoms in total. The van der Waals surface area contributed by atoms with Crippen molar-refractivity contribution in [2.45, 2.75) is 0 Å². The first kappa shape index (κ1) is 8.84. The minimum absolute atomic E-state index is 0.587. The van der Waals surface area contributed by atoms with Crippen LogP contribution in [0.3, 0.4) is 0 Å². The Balaban J connectivity index is 2.25. The van der Waals surface area contributed by atoms with Crippen molar-refractivity contribution in [1.82, 2.24) is 30.2 Å². The molecule has 0 atom stereocenters. The molecule has 3 rings (SSSR count). The molecule has 0 amide bonds. The fourth-order valence-corrected chi connectivity index (χ4v) is 1.68. The van der Waals surface area contributed by atoms with Gasteiger partial charge in [0.2, 0.25) is 5.65 Å². The largest absolute Gasteiger partial charge is 0.396 e. The van der Waals surface area contributed by atoms with Gasteiger partial charge in [-0.05, 0) is 6.07 Å². The summed E-state index contributed by atoms with van der Waals surface area (Å²) in [5, 5.41) is 14.5. The number of aromatic amines is 1. The number of hydrogen-bond donors (Lipinski definition) is 2. The van der Waals surface area contributed by atoms with Gasteiger partial charge in [0, 0.05) is 18.8 Å². The fraction of sp³-hybridized carbons (Fsp3) is 0.111. The minimum atomic E-state index is 0.587. The van der Waals surface area contributed by atoms with Crippen LogP contribution in [0.2, 0.25) is 0 Å². The first-order valence-corrected chi connectivity index (χ1v) is 4.70. The second-order valence-electron chi connectivity index (χ2n) is 3.46. The number of aromatic nitrogens is 6. The zero-order valence-corrected chi connectivity index (χ0v) is 8.55. The third-order valence-electron chi connectivity index (χ3n) is 2.41. The van der Waals surface area contributed by atoms with Gasteiger partial charge in [0.1, 0.15) is 5.52 Å². The van der Waals surface area contributed by atoms with Gasteiger partial charge in [-0.2, -0.15) is 15.4 Å². The van der Waals surface area contributed by atoms with Gasteiger partial charge in [0.05, 0.1) is 17.6 Å². The van der Waals surface area contributed by atoms with E-state index in [1.165, 1.54) is 0 Å². The molecule has 0 unspecified atom stereocenters. The van der Waals surface area contributed by atoms with E-state index in [4.69, 9.17) is 5.73 Å². The van der Waals surface area contributed by atoms with Crippen LogP contribution in [0.25, 0.3) is 22.4 Å². The Hall–Kier alpha value is -2.44. The molecule has 0 saturated heterocycles. The second-order valence-corrected chi connectivity index (χ2v) is 3.46. The van der Waals surface area contributed by atoms with Gasteiger partial charge in [0.25, 0.3) is 0 Å². The Kier molecular flexibility index (Phi) is 1.67. The molecule has 3 heterocycles. The van der Waals surface area contributed by atoms with E-state index in [0.717, 1.165) is 11.3 Å². The van der Waals surface area contributed by atoms with Crippen LogP contribution in [0.4, 0.5) is 5.69 Å². The van der Waals surface area contributed by atoms with Gasteiger partial charge in [-0.3, -0.25) is 4.68 Å². The average Bonchev–Trinajstić information content (AvgIpc) is 2.85. The van der Waals surface area contributed by atoms with E-state index >= 15 is 0 Å². The van der Waals surface area contributed by atoms with Crippen molar-refractivity contribution in [2.75, 3.05) is 5.73 Å². The van der Waals surface area contributed by atoms with Crippen LogP contribution in [0.1, 0.15) is 0 Å². The van der Waals surface area contributed by atoms with E-state index in [2.05, 4.69) is 25.5 Å². The number of aryl methyl sites for hydroxylation is 1. The van der Waals surface area contributed by atoms with E-state index in [1.807, 2.05) is 13.1 Å². The van der Waals surface area contributed by atoms with Crippen LogP contribution in [0, 0.1) is 0 Å². The Morgan fingerprint density at radius 2 is 2.19 bits per heavy atom. The SMILES string of the molecule is Cn1ncc(N)c1-c1cnc2n[nH]nc2c1. The standard InChI is InChI=1S/C9H9N7/c1-16-8(6(10)4-12-16)5-2-7-9(11-3-5)14-15-13-7/h2-4H,10H2,1H3,(H,11,13,14,15). The molecule has 0 spiro atoms. The Labute approximate surface area is 90.3 Å².